The van der Waals surface area contributed by atoms with Crippen LogP contribution in [0.3, 0.4) is 0 Å². The van der Waals surface area contributed by atoms with E-state index in [1.807, 2.05) is 25.1 Å². The van der Waals surface area contributed by atoms with Crippen LogP contribution in [0.1, 0.15) is 5.56 Å². The summed E-state index contributed by atoms with van der Waals surface area (Å²) >= 11 is 1.33. The van der Waals surface area contributed by atoms with Gasteiger partial charge in [-0.15, -0.1) is 11.3 Å². The number of thiophene rings is 1. The monoisotopic (exact) mass is 353 g/mol. The van der Waals surface area contributed by atoms with Crippen LogP contribution in [-0.4, -0.2) is 28.8 Å². The van der Waals surface area contributed by atoms with E-state index >= 15 is 0 Å². The highest BCUT2D eigenvalue weighted by atomic mass is 32.1. The van der Waals surface area contributed by atoms with Crippen molar-refractivity contribution in [2.75, 3.05) is 14.2 Å². The summed E-state index contributed by atoms with van der Waals surface area (Å²) in [6.45, 7) is 1.93. The quantitative estimate of drug-likeness (QED) is 0.565. The normalized spacial score (nSPS) is 11.2. The fourth-order valence-corrected chi connectivity index (χ4v) is 3.94. The van der Waals surface area contributed by atoms with Gasteiger partial charge in [-0.2, -0.15) is 0 Å². The van der Waals surface area contributed by atoms with Gasteiger partial charge in [0.25, 0.3) is 5.56 Å². The van der Waals surface area contributed by atoms with E-state index in [9.17, 15) is 4.79 Å². The molecule has 0 N–H and O–H groups in total. The molecule has 0 spiro atoms. The number of nitrogens with zero attached hydrogens (tertiary/aromatic N) is 3. The second kappa shape index (κ2) is 5.86. The van der Waals surface area contributed by atoms with Gasteiger partial charge >= 0.3 is 0 Å². The Kier molecular flexibility index (Phi) is 3.65. The zero-order chi connectivity index (χ0) is 17.6. The van der Waals surface area contributed by atoms with Gasteiger partial charge < -0.3 is 9.47 Å². The zero-order valence-corrected chi connectivity index (χ0v) is 14.8. The summed E-state index contributed by atoms with van der Waals surface area (Å²) in [5, 5.41) is 0.778. The molecule has 0 aliphatic rings. The Morgan fingerprint density at radius 1 is 1.12 bits per heavy atom. The number of methoxy groups -OCH3 is 2. The summed E-state index contributed by atoms with van der Waals surface area (Å²) in [7, 11) is 3.21. The lowest BCUT2D eigenvalue weighted by molar-refractivity contribution is 0.414. The van der Waals surface area contributed by atoms with Crippen LogP contribution >= 0.6 is 11.3 Å². The van der Waals surface area contributed by atoms with E-state index in [-0.39, 0.29) is 5.56 Å². The molecule has 0 aliphatic heterocycles. The van der Waals surface area contributed by atoms with Gasteiger partial charge in [-0.3, -0.25) is 9.36 Å². The molecule has 0 bridgehead atoms. The van der Waals surface area contributed by atoms with Crippen molar-refractivity contribution in [3.63, 3.8) is 0 Å². The number of benzene rings is 1. The SMILES string of the molecule is COc1ccc(-n2cnc3c(sc4nccc(OC)c43)c2=O)c(C)c1. The third kappa shape index (κ3) is 2.35. The number of hydrogen-bond donors (Lipinski definition) is 0. The first-order valence-corrected chi connectivity index (χ1v) is 8.43. The van der Waals surface area contributed by atoms with Gasteiger partial charge in [-0.1, -0.05) is 0 Å². The zero-order valence-electron chi connectivity index (χ0n) is 13.9. The van der Waals surface area contributed by atoms with Gasteiger partial charge in [0.15, 0.2) is 0 Å². The molecule has 3 aromatic heterocycles. The van der Waals surface area contributed by atoms with Gasteiger partial charge in [0.1, 0.15) is 32.9 Å². The molecule has 25 heavy (non-hydrogen) atoms. The van der Waals surface area contributed by atoms with Crippen LogP contribution in [0.25, 0.3) is 26.1 Å². The second-order valence-corrected chi connectivity index (χ2v) is 6.54. The van der Waals surface area contributed by atoms with E-state index in [2.05, 4.69) is 9.97 Å². The van der Waals surface area contributed by atoms with Crippen LogP contribution in [0.2, 0.25) is 0 Å². The lowest BCUT2D eigenvalue weighted by atomic mass is 10.2. The maximum atomic E-state index is 13.0. The first kappa shape index (κ1) is 15.6. The minimum absolute atomic E-state index is 0.122. The van der Waals surface area contributed by atoms with Crippen LogP contribution in [-0.2, 0) is 0 Å². The highest BCUT2D eigenvalue weighted by molar-refractivity contribution is 7.25. The molecule has 0 unspecified atom stereocenters. The molecule has 0 saturated heterocycles. The molecule has 4 rings (SSSR count). The van der Waals surface area contributed by atoms with Crippen LogP contribution < -0.4 is 15.0 Å². The summed E-state index contributed by atoms with van der Waals surface area (Å²) in [4.78, 5) is 22.6. The van der Waals surface area contributed by atoms with Crippen molar-refractivity contribution in [2.24, 2.45) is 0 Å². The lowest BCUT2D eigenvalue weighted by Crippen LogP contribution is -2.18. The molecule has 6 nitrogen and oxygen atoms in total. The molecular formula is C18H15N3O3S. The van der Waals surface area contributed by atoms with E-state index in [4.69, 9.17) is 9.47 Å². The van der Waals surface area contributed by atoms with Gasteiger partial charge in [0.05, 0.1) is 25.3 Å². The molecule has 0 saturated carbocycles. The molecule has 126 valence electrons. The average molecular weight is 353 g/mol. The Hall–Kier alpha value is -2.93. The predicted octanol–water partition coefficient (Wildman–Crippen LogP) is 3.32. The van der Waals surface area contributed by atoms with E-state index in [1.165, 1.54) is 11.3 Å². The fourth-order valence-electron chi connectivity index (χ4n) is 2.89. The molecule has 0 radical (unpaired) electrons. The van der Waals surface area contributed by atoms with Gasteiger partial charge in [0, 0.05) is 6.20 Å². The van der Waals surface area contributed by atoms with Crippen molar-refractivity contribution in [3.8, 4) is 17.2 Å². The molecule has 3 heterocycles. The lowest BCUT2D eigenvalue weighted by Gasteiger charge is -2.10. The van der Waals surface area contributed by atoms with Crippen molar-refractivity contribution in [3.05, 3.63) is 52.7 Å². The first-order chi connectivity index (χ1) is 12.1. The Morgan fingerprint density at radius 2 is 1.96 bits per heavy atom. The van der Waals surface area contributed by atoms with Crippen molar-refractivity contribution in [1.29, 1.82) is 0 Å². The Labute approximate surface area is 147 Å². The Morgan fingerprint density at radius 3 is 2.68 bits per heavy atom. The second-order valence-electron chi connectivity index (χ2n) is 5.55. The van der Waals surface area contributed by atoms with Crippen LogP contribution in [0.5, 0.6) is 11.5 Å². The third-order valence-electron chi connectivity index (χ3n) is 4.13. The van der Waals surface area contributed by atoms with E-state index in [0.717, 1.165) is 27.2 Å². The summed E-state index contributed by atoms with van der Waals surface area (Å²) in [5.74, 6) is 1.42. The van der Waals surface area contributed by atoms with Gasteiger partial charge in [0.2, 0.25) is 0 Å². The molecule has 4 aromatic rings. The van der Waals surface area contributed by atoms with Crippen LogP contribution in [0, 0.1) is 6.92 Å². The van der Waals surface area contributed by atoms with Crippen molar-refractivity contribution < 1.29 is 9.47 Å². The Balaban J connectivity index is 2.01. The molecule has 0 fully saturated rings. The molecule has 0 amide bonds. The summed E-state index contributed by atoms with van der Waals surface area (Å²) in [6, 6.07) is 7.35. The number of fused-ring (bicyclic) bond motifs is 3. The number of hydrogen-bond acceptors (Lipinski definition) is 6. The van der Waals surface area contributed by atoms with Gasteiger partial charge in [-0.25, -0.2) is 9.97 Å². The summed E-state index contributed by atoms with van der Waals surface area (Å²) in [5.41, 5.74) is 2.21. The standard InChI is InChI=1S/C18H15N3O3S/c1-10-8-11(23-2)4-5-12(10)21-9-20-15-14-13(24-3)6-7-19-17(14)25-16(15)18(21)22/h4-9H,1-3H3. The van der Waals surface area contributed by atoms with E-state index in [0.29, 0.717) is 16.0 Å². The highest BCUT2D eigenvalue weighted by Gasteiger charge is 2.17. The van der Waals surface area contributed by atoms with Crippen molar-refractivity contribution >= 4 is 31.8 Å². The van der Waals surface area contributed by atoms with Crippen LogP contribution in [0.15, 0.2) is 41.6 Å². The molecule has 7 heteroatoms. The van der Waals surface area contributed by atoms with Crippen molar-refractivity contribution in [1.82, 2.24) is 14.5 Å². The summed E-state index contributed by atoms with van der Waals surface area (Å²) in [6.07, 6.45) is 3.22. The average Bonchev–Trinajstić information content (AvgIpc) is 3.02. The molecule has 1 aromatic carbocycles. The number of ether oxygens (including phenoxy) is 2. The molecular weight excluding hydrogens is 338 g/mol. The van der Waals surface area contributed by atoms with Crippen LogP contribution in [0.4, 0.5) is 0 Å². The fraction of sp³-hybridized carbons (Fsp3) is 0.167. The molecule has 0 aliphatic carbocycles. The topological polar surface area (TPSA) is 66.2 Å². The smallest absolute Gasteiger partial charge is 0.275 e. The predicted molar refractivity (Wildman–Crippen MR) is 98.4 cm³/mol. The maximum absolute atomic E-state index is 13.0. The first-order valence-electron chi connectivity index (χ1n) is 7.62. The minimum Gasteiger partial charge on any atom is -0.497 e. The minimum atomic E-state index is -0.122. The van der Waals surface area contributed by atoms with E-state index in [1.54, 1.807) is 37.4 Å². The van der Waals surface area contributed by atoms with E-state index < -0.39 is 0 Å². The number of pyridine rings is 1. The number of rotatable bonds is 3. The highest BCUT2D eigenvalue weighted by Crippen LogP contribution is 2.35. The number of aromatic nitrogens is 3. The largest absolute Gasteiger partial charge is 0.497 e. The molecule has 0 atom stereocenters. The van der Waals surface area contributed by atoms with Gasteiger partial charge in [-0.05, 0) is 36.8 Å². The summed E-state index contributed by atoms with van der Waals surface area (Å²) < 4.78 is 12.7. The maximum Gasteiger partial charge on any atom is 0.275 e. The Bertz CT molecular complexity index is 1160. The number of aryl methyl sites for hydroxylation is 1. The third-order valence-corrected chi connectivity index (χ3v) is 5.20. The van der Waals surface area contributed by atoms with Crippen molar-refractivity contribution in [2.45, 2.75) is 6.92 Å².